The monoisotopic (exact) mass is 424 g/mol. The average molecular weight is 425 g/mol. The number of benzene rings is 5. The van der Waals surface area contributed by atoms with Crippen LogP contribution >= 0.6 is 11.3 Å². The van der Waals surface area contributed by atoms with E-state index in [2.05, 4.69) is 109 Å². The highest BCUT2D eigenvalue weighted by Crippen LogP contribution is 2.42. The first-order chi connectivity index (χ1) is 15.8. The predicted octanol–water partition coefficient (Wildman–Crippen LogP) is 8.97. The molecule has 0 unspecified atom stereocenters. The summed E-state index contributed by atoms with van der Waals surface area (Å²) in [5.74, 6) is 0. The fourth-order valence-corrected chi connectivity index (χ4v) is 6.27. The van der Waals surface area contributed by atoms with Crippen LogP contribution in [-0.2, 0) is 6.42 Å². The third-order valence-corrected chi connectivity index (χ3v) is 7.92. The fourth-order valence-electron chi connectivity index (χ4n) is 5.19. The lowest BCUT2D eigenvalue weighted by atomic mass is 9.90. The second kappa shape index (κ2) is 6.91. The van der Waals surface area contributed by atoms with E-state index in [9.17, 15) is 0 Å². The van der Waals surface area contributed by atoms with Crippen LogP contribution in [0.3, 0.4) is 0 Å². The number of rotatable bonds is 2. The lowest BCUT2D eigenvalue weighted by Gasteiger charge is -2.13. The van der Waals surface area contributed by atoms with Crippen molar-refractivity contribution >= 4 is 54.6 Å². The van der Waals surface area contributed by atoms with Gasteiger partial charge >= 0.3 is 0 Å². The number of fused-ring (bicyclic) bond motifs is 5. The molecule has 0 atom stereocenters. The molecule has 7 rings (SSSR count). The van der Waals surface area contributed by atoms with Crippen LogP contribution in [0.4, 0.5) is 0 Å². The van der Waals surface area contributed by atoms with Crippen molar-refractivity contribution in [2.75, 3.05) is 0 Å². The normalized spacial score (nSPS) is 13.1. The van der Waals surface area contributed by atoms with E-state index in [0.29, 0.717) is 0 Å². The molecule has 0 saturated heterocycles. The smallest absolute Gasteiger partial charge is 0.0349 e. The molecule has 0 radical (unpaired) electrons. The Morgan fingerprint density at radius 1 is 0.562 bits per heavy atom. The van der Waals surface area contributed by atoms with Gasteiger partial charge in [-0.15, -0.1) is 11.3 Å². The van der Waals surface area contributed by atoms with E-state index in [1.165, 1.54) is 64.3 Å². The summed E-state index contributed by atoms with van der Waals surface area (Å²) in [6, 6.07) is 37.8. The topological polar surface area (TPSA) is 0 Å². The van der Waals surface area contributed by atoms with Crippen LogP contribution in [0.2, 0.25) is 0 Å². The van der Waals surface area contributed by atoms with Crippen molar-refractivity contribution in [1.82, 2.24) is 0 Å². The number of hydrogen-bond acceptors (Lipinski definition) is 1. The van der Waals surface area contributed by atoms with Gasteiger partial charge in [0.15, 0.2) is 0 Å². The van der Waals surface area contributed by atoms with Gasteiger partial charge in [-0.05, 0) is 73.0 Å². The molecule has 1 aliphatic rings. The van der Waals surface area contributed by atoms with Crippen molar-refractivity contribution < 1.29 is 0 Å². The average Bonchev–Trinajstić information content (AvgIpc) is 3.47. The van der Waals surface area contributed by atoms with Crippen LogP contribution in [-0.4, -0.2) is 0 Å². The summed E-state index contributed by atoms with van der Waals surface area (Å²) in [5, 5.41) is 6.61. The molecular weight excluding hydrogens is 404 g/mol. The predicted molar refractivity (Wildman–Crippen MR) is 140 cm³/mol. The molecule has 150 valence electrons. The minimum Gasteiger partial charge on any atom is -0.136 e. The van der Waals surface area contributed by atoms with E-state index in [0.717, 1.165) is 6.42 Å². The summed E-state index contributed by atoms with van der Waals surface area (Å²) in [6.07, 6.45) is 3.38. The molecule has 5 aromatic carbocycles. The molecule has 1 aliphatic carbocycles. The maximum atomic E-state index is 2.39. The summed E-state index contributed by atoms with van der Waals surface area (Å²) in [5.41, 5.74) is 6.92. The zero-order valence-corrected chi connectivity index (χ0v) is 18.3. The van der Waals surface area contributed by atoms with Gasteiger partial charge in [0.1, 0.15) is 0 Å². The van der Waals surface area contributed by atoms with E-state index in [4.69, 9.17) is 0 Å². The van der Waals surface area contributed by atoms with Gasteiger partial charge in [0.25, 0.3) is 0 Å². The third-order valence-electron chi connectivity index (χ3n) is 6.73. The van der Waals surface area contributed by atoms with E-state index in [1.807, 2.05) is 11.3 Å². The highest BCUT2D eigenvalue weighted by atomic mass is 32.1. The van der Waals surface area contributed by atoms with Crippen molar-refractivity contribution in [2.45, 2.75) is 6.42 Å². The van der Waals surface area contributed by atoms with Crippen LogP contribution in [0.15, 0.2) is 103 Å². The van der Waals surface area contributed by atoms with Gasteiger partial charge in [-0.2, -0.15) is 0 Å². The SMILES string of the molecule is C1=C(c2cc3ccccc3s2)Cc2c1cccc2-c1cccc2c1ccc1ccccc12. The molecule has 0 bridgehead atoms. The van der Waals surface area contributed by atoms with Crippen molar-refractivity contribution in [1.29, 1.82) is 0 Å². The maximum absolute atomic E-state index is 2.39. The van der Waals surface area contributed by atoms with Crippen LogP contribution in [0.1, 0.15) is 16.0 Å². The molecule has 1 heterocycles. The van der Waals surface area contributed by atoms with Crippen molar-refractivity contribution in [2.24, 2.45) is 0 Å². The molecular formula is C31H20S. The minimum absolute atomic E-state index is 0.988. The van der Waals surface area contributed by atoms with E-state index < -0.39 is 0 Å². The Hall–Kier alpha value is -3.68. The second-order valence-corrected chi connectivity index (χ2v) is 9.64. The molecule has 0 aliphatic heterocycles. The molecule has 0 amide bonds. The van der Waals surface area contributed by atoms with Crippen LogP contribution in [0.5, 0.6) is 0 Å². The van der Waals surface area contributed by atoms with Gasteiger partial charge in [-0.1, -0.05) is 91.0 Å². The van der Waals surface area contributed by atoms with Crippen molar-refractivity contribution in [3.63, 3.8) is 0 Å². The first-order valence-corrected chi connectivity index (χ1v) is 11.9. The van der Waals surface area contributed by atoms with E-state index >= 15 is 0 Å². The fraction of sp³-hybridized carbons (Fsp3) is 0.0323. The Morgan fingerprint density at radius 3 is 2.28 bits per heavy atom. The molecule has 0 nitrogen and oxygen atoms in total. The maximum Gasteiger partial charge on any atom is 0.0349 e. The number of hydrogen-bond donors (Lipinski definition) is 0. The summed E-state index contributed by atoms with van der Waals surface area (Å²) in [7, 11) is 0. The van der Waals surface area contributed by atoms with Gasteiger partial charge in [-0.25, -0.2) is 0 Å². The molecule has 0 fully saturated rings. The minimum atomic E-state index is 0.988. The first kappa shape index (κ1) is 17.9. The van der Waals surface area contributed by atoms with Gasteiger partial charge in [-0.3, -0.25) is 0 Å². The summed E-state index contributed by atoms with van der Waals surface area (Å²) < 4.78 is 1.36. The summed E-state index contributed by atoms with van der Waals surface area (Å²) in [4.78, 5) is 1.39. The van der Waals surface area contributed by atoms with Gasteiger partial charge < -0.3 is 0 Å². The number of allylic oxidation sites excluding steroid dienone is 1. The highest BCUT2D eigenvalue weighted by molar-refractivity contribution is 7.20. The van der Waals surface area contributed by atoms with E-state index in [1.54, 1.807) is 0 Å². The molecule has 1 aromatic heterocycles. The van der Waals surface area contributed by atoms with Gasteiger partial charge in [0, 0.05) is 16.0 Å². The quantitative estimate of drug-likeness (QED) is 0.243. The molecule has 6 aromatic rings. The standard InChI is InChI=1S/C31H20S/c1-3-10-24-20(7-1)15-16-28-25(24)12-6-13-26(28)27-11-5-9-21-17-23(18-29(21)27)31-19-22-8-2-4-14-30(22)32-31/h1-17,19H,18H2. The summed E-state index contributed by atoms with van der Waals surface area (Å²) >= 11 is 1.90. The zero-order chi connectivity index (χ0) is 21.1. The first-order valence-electron chi connectivity index (χ1n) is 11.1. The largest absolute Gasteiger partial charge is 0.136 e. The Labute approximate surface area is 191 Å². The second-order valence-electron chi connectivity index (χ2n) is 8.56. The lowest BCUT2D eigenvalue weighted by molar-refractivity contribution is 1.33. The molecule has 1 heteroatoms. The van der Waals surface area contributed by atoms with Crippen molar-refractivity contribution in [3.8, 4) is 11.1 Å². The Morgan fingerprint density at radius 2 is 1.34 bits per heavy atom. The number of thiophene rings is 1. The van der Waals surface area contributed by atoms with Crippen LogP contribution < -0.4 is 0 Å². The Bertz CT molecular complexity index is 1660. The Balaban J connectivity index is 1.38. The zero-order valence-electron chi connectivity index (χ0n) is 17.5. The van der Waals surface area contributed by atoms with Crippen LogP contribution in [0.25, 0.3) is 54.4 Å². The lowest BCUT2D eigenvalue weighted by Crippen LogP contribution is -1.91. The molecule has 32 heavy (non-hydrogen) atoms. The van der Waals surface area contributed by atoms with Crippen molar-refractivity contribution in [3.05, 3.63) is 119 Å². The van der Waals surface area contributed by atoms with E-state index in [-0.39, 0.29) is 0 Å². The molecule has 0 spiro atoms. The van der Waals surface area contributed by atoms with Crippen LogP contribution in [0, 0.1) is 0 Å². The Kier molecular flexibility index (Phi) is 3.88. The molecule has 0 saturated carbocycles. The summed E-state index contributed by atoms with van der Waals surface area (Å²) in [6.45, 7) is 0. The highest BCUT2D eigenvalue weighted by Gasteiger charge is 2.20. The third kappa shape index (κ3) is 2.68. The molecule has 0 N–H and O–H groups in total. The van der Waals surface area contributed by atoms with Gasteiger partial charge in [0.05, 0.1) is 0 Å². The van der Waals surface area contributed by atoms with Gasteiger partial charge in [0.2, 0.25) is 0 Å².